The standard InChI is InChI=1S/C10H13NO.C2H7N/c1-10(2,3)9(12)8-5-4-6-11-7-8;1-3-2/h4-7H,1-3H3;3H,1-2H3. The maximum atomic E-state index is 11.6. The van der Waals surface area contributed by atoms with Crippen LogP contribution in [0, 0.1) is 5.41 Å². The quantitative estimate of drug-likeness (QED) is 0.719. The van der Waals surface area contributed by atoms with E-state index in [1.165, 1.54) is 0 Å². The van der Waals surface area contributed by atoms with Crippen molar-refractivity contribution in [2.75, 3.05) is 14.1 Å². The van der Waals surface area contributed by atoms with Crippen molar-refractivity contribution in [3.8, 4) is 0 Å². The molecule has 3 heteroatoms. The minimum absolute atomic E-state index is 0.135. The van der Waals surface area contributed by atoms with E-state index in [9.17, 15) is 4.79 Å². The van der Waals surface area contributed by atoms with Gasteiger partial charge >= 0.3 is 0 Å². The molecule has 0 atom stereocenters. The predicted octanol–water partition coefficient (Wildman–Crippen LogP) is 2.15. The van der Waals surface area contributed by atoms with Crippen LogP contribution in [-0.4, -0.2) is 24.9 Å². The summed E-state index contributed by atoms with van der Waals surface area (Å²) < 4.78 is 0. The highest BCUT2D eigenvalue weighted by Crippen LogP contribution is 2.19. The van der Waals surface area contributed by atoms with E-state index in [-0.39, 0.29) is 11.2 Å². The van der Waals surface area contributed by atoms with Gasteiger partial charge in [0.2, 0.25) is 0 Å². The Morgan fingerprint density at radius 3 is 2.20 bits per heavy atom. The van der Waals surface area contributed by atoms with Gasteiger partial charge in [-0.25, -0.2) is 0 Å². The normalized spacial score (nSPS) is 10.2. The first-order chi connectivity index (χ1) is 6.93. The Morgan fingerprint density at radius 2 is 1.87 bits per heavy atom. The number of nitrogens with one attached hydrogen (secondary N) is 1. The van der Waals surface area contributed by atoms with Gasteiger partial charge in [0.1, 0.15) is 0 Å². The van der Waals surface area contributed by atoms with Crippen molar-refractivity contribution in [1.29, 1.82) is 0 Å². The van der Waals surface area contributed by atoms with Gasteiger partial charge in [0.05, 0.1) is 0 Å². The van der Waals surface area contributed by atoms with E-state index in [0.29, 0.717) is 5.56 Å². The van der Waals surface area contributed by atoms with E-state index in [4.69, 9.17) is 0 Å². The molecule has 0 aliphatic carbocycles. The van der Waals surface area contributed by atoms with Crippen LogP contribution in [0.4, 0.5) is 0 Å². The van der Waals surface area contributed by atoms with Gasteiger partial charge in [-0.15, -0.1) is 0 Å². The molecule has 0 radical (unpaired) electrons. The molecular weight excluding hydrogens is 188 g/mol. The molecule has 1 N–H and O–H groups in total. The summed E-state index contributed by atoms with van der Waals surface area (Å²) in [6.07, 6.45) is 3.27. The Kier molecular flexibility index (Phi) is 5.79. The average molecular weight is 208 g/mol. The molecule has 1 aromatic rings. The zero-order chi connectivity index (χ0) is 11.9. The van der Waals surface area contributed by atoms with E-state index in [0.717, 1.165) is 0 Å². The summed E-state index contributed by atoms with van der Waals surface area (Å²) in [5.74, 6) is 0.135. The van der Waals surface area contributed by atoms with E-state index in [1.54, 1.807) is 24.5 Å². The molecule has 0 saturated heterocycles. The van der Waals surface area contributed by atoms with E-state index < -0.39 is 0 Å². The summed E-state index contributed by atoms with van der Waals surface area (Å²) in [6, 6.07) is 3.57. The van der Waals surface area contributed by atoms with Crippen LogP contribution < -0.4 is 5.32 Å². The number of nitrogens with zero attached hydrogens (tertiary/aromatic N) is 1. The van der Waals surface area contributed by atoms with Crippen LogP contribution in [0.2, 0.25) is 0 Å². The van der Waals surface area contributed by atoms with Crippen LogP contribution in [0.1, 0.15) is 31.1 Å². The predicted molar refractivity (Wildman–Crippen MR) is 63.0 cm³/mol. The number of ketones is 1. The van der Waals surface area contributed by atoms with Gasteiger partial charge in [0.25, 0.3) is 0 Å². The maximum absolute atomic E-state index is 11.6. The number of pyridine rings is 1. The monoisotopic (exact) mass is 208 g/mol. The molecule has 0 bridgehead atoms. The fourth-order valence-corrected chi connectivity index (χ4v) is 0.930. The third kappa shape index (κ3) is 5.27. The fourth-order valence-electron chi connectivity index (χ4n) is 0.930. The molecule has 1 heterocycles. The summed E-state index contributed by atoms with van der Waals surface area (Å²) in [6.45, 7) is 5.72. The number of aromatic nitrogens is 1. The zero-order valence-electron chi connectivity index (χ0n) is 10.2. The number of rotatable bonds is 1. The van der Waals surface area contributed by atoms with Gasteiger partial charge in [0, 0.05) is 23.4 Å². The molecule has 0 amide bonds. The largest absolute Gasteiger partial charge is 0.323 e. The fraction of sp³-hybridized carbons (Fsp3) is 0.500. The molecular formula is C12H20N2O. The molecule has 0 spiro atoms. The molecule has 84 valence electrons. The minimum atomic E-state index is -0.316. The SMILES string of the molecule is CC(C)(C)C(=O)c1cccnc1.CNC. The number of hydrogen-bond acceptors (Lipinski definition) is 3. The smallest absolute Gasteiger partial charge is 0.169 e. The number of carbonyl (C=O) groups is 1. The van der Waals surface area contributed by atoms with E-state index in [1.807, 2.05) is 34.9 Å². The molecule has 1 rings (SSSR count). The number of Topliss-reactive ketones (excluding diaryl/α,β-unsaturated/α-hetero) is 1. The van der Waals surface area contributed by atoms with Crippen molar-refractivity contribution < 1.29 is 4.79 Å². The van der Waals surface area contributed by atoms with Crippen molar-refractivity contribution in [1.82, 2.24) is 10.3 Å². The Hall–Kier alpha value is -1.22. The van der Waals surface area contributed by atoms with Crippen molar-refractivity contribution in [2.24, 2.45) is 5.41 Å². The molecule has 0 aliphatic heterocycles. The van der Waals surface area contributed by atoms with Gasteiger partial charge in [-0.1, -0.05) is 20.8 Å². The lowest BCUT2D eigenvalue weighted by atomic mass is 9.87. The molecule has 0 saturated carbocycles. The van der Waals surface area contributed by atoms with Crippen molar-refractivity contribution in [3.63, 3.8) is 0 Å². The Balaban J connectivity index is 0.000000583. The average Bonchev–Trinajstić information content (AvgIpc) is 2.18. The summed E-state index contributed by atoms with van der Waals surface area (Å²) in [5, 5.41) is 2.75. The van der Waals surface area contributed by atoms with Crippen LogP contribution in [-0.2, 0) is 0 Å². The maximum Gasteiger partial charge on any atom is 0.169 e. The summed E-state index contributed by atoms with van der Waals surface area (Å²) in [4.78, 5) is 15.5. The van der Waals surface area contributed by atoms with E-state index in [2.05, 4.69) is 10.3 Å². The van der Waals surface area contributed by atoms with Crippen LogP contribution >= 0.6 is 0 Å². The molecule has 1 aromatic heterocycles. The lowest BCUT2D eigenvalue weighted by Crippen LogP contribution is -2.20. The molecule has 0 aromatic carbocycles. The number of hydrogen-bond donors (Lipinski definition) is 1. The second-order valence-corrected chi connectivity index (χ2v) is 4.32. The Morgan fingerprint density at radius 1 is 1.33 bits per heavy atom. The topological polar surface area (TPSA) is 42.0 Å². The van der Waals surface area contributed by atoms with Crippen molar-refractivity contribution in [2.45, 2.75) is 20.8 Å². The van der Waals surface area contributed by atoms with Gasteiger partial charge < -0.3 is 5.32 Å². The first kappa shape index (κ1) is 13.8. The van der Waals surface area contributed by atoms with Crippen LogP contribution in [0.5, 0.6) is 0 Å². The first-order valence-corrected chi connectivity index (χ1v) is 4.96. The lowest BCUT2D eigenvalue weighted by Gasteiger charge is -2.15. The third-order valence-corrected chi connectivity index (χ3v) is 1.60. The molecule has 15 heavy (non-hydrogen) atoms. The highest BCUT2D eigenvalue weighted by Gasteiger charge is 2.22. The minimum Gasteiger partial charge on any atom is -0.323 e. The molecule has 0 unspecified atom stereocenters. The van der Waals surface area contributed by atoms with Crippen molar-refractivity contribution in [3.05, 3.63) is 30.1 Å². The van der Waals surface area contributed by atoms with Crippen molar-refractivity contribution >= 4 is 5.78 Å². The lowest BCUT2D eigenvalue weighted by molar-refractivity contribution is 0.0858. The molecule has 3 nitrogen and oxygen atoms in total. The summed E-state index contributed by atoms with van der Waals surface area (Å²) in [7, 11) is 3.75. The van der Waals surface area contributed by atoms with Crippen LogP contribution in [0.15, 0.2) is 24.5 Å². The molecule has 0 aliphatic rings. The van der Waals surface area contributed by atoms with Gasteiger partial charge in [-0.2, -0.15) is 0 Å². The third-order valence-electron chi connectivity index (χ3n) is 1.60. The second-order valence-electron chi connectivity index (χ2n) is 4.32. The highest BCUT2D eigenvalue weighted by atomic mass is 16.1. The summed E-state index contributed by atoms with van der Waals surface area (Å²) >= 11 is 0. The summed E-state index contributed by atoms with van der Waals surface area (Å²) in [5.41, 5.74) is 0.369. The molecule has 0 fully saturated rings. The van der Waals surface area contributed by atoms with Gasteiger partial charge in [0.15, 0.2) is 5.78 Å². The van der Waals surface area contributed by atoms with Crippen LogP contribution in [0.3, 0.4) is 0 Å². The number of carbonyl (C=O) groups excluding carboxylic acids is 1. The Bertz CT molecular complexity index is 288. The Labute approximate surface area is 91.9 Å². The van der Waals surface area contributed by atoms with Gasteiger partial charge in [-0.3, -0.25) is 9.78 Å². The van der Waals surface area contributed by atoms with E-state index >= 15 is 0 Å². The highest BCUT2D eigenvalue weighted by molar-refractivity contribution is 5.99. The second kappa shape index (κ2) is 6.30. The first-order valence-electron chi connectivity index (χ1n) is 4.96. The van der Waals surface area contributed by atoms with Gasteiger partial charge in [-0.05, 0) is 26.2 Å². The zero-order valence-corrected chi connectivity index (χ0v) is 10.2. The van der Waals surface area contributed by atoms with Crippen LogP contribution in [0.25, 0.3) is 0 Å².